The summed E-state index contributed by atoms with van der Waals surface area (Å²) >= 11 is 13.3. The first-order valence-electron chi connectivity index (χ1n) is 8.03. The van der Waals surface area contributed by atoms with E-state index in [9.17, 15) is 18.0 Å². The number of amides is 1. The molecular formula is C20H10Cl2F3NOS. The first-order valence-corrected chi connectivity index (χ1v) is 9.60. The van der Waals surface area contributed by atoms with Crippen molar-refractivity contribution >= 4 is 52.2 Å². The second-order valence-electron chi connectivity index (χ2n) is 6.02. The Morgan fingerprint density at radius 3 is 2.29 bits per heavy atom. The molecule has 0 spiro atoms. The number of hydrogen-bond acceptors (Lipinski definition) is 2. The van der Waals surface area contributed by atoms with Crippen molar-refractivity contribution in [1.82, 2.24) is 0 Å². The smallest absolute Gasteiger partial charge is 0.275 e. The van der Waals surface area contributed by atoms with Crippen molar-refractivity contribution in [2.24, 2.45) is 0 Å². The Balaban J connectivity index is 1.90. The molecule has 1 amide bonds. The van der Waals surface area contributed by atoms with Gasteiger partial charge in [0.2, 0.25) is 0 Å². The second kappa shape index (κ2) is 7.03. The molecule has 28 heavy (non-hydrogen) atoms. The molecule has 3 aromatic carbocycles. The highest BCUT2D eigenvalue weighted by Crippen LogP contribution is 2.50. The fourth-order valence-corrected chi connectivity index (χ4v) is 4.24. The summed E-state index contributed by atoms with van der Waals surface area (Å²) in [6.45, 7) is 0. The van der Waals surface area contributed by atoms with Crippen molar-refractivity contribution in [1.29, 1.82) is 0 Å². The average Bonchev–Trinajstić information content (AvgIpc) is 2.66. The Morgan fingerprint density at radius 2 is 1.57 bits per heavy atom. The quantitative estimate of drug-likeness (QED) is 0.392. The third-order valence-corrected chi connectivity index (χ3v) is 6.09. The first-order chi connectivity index (χ1) is 13.3. The number of alkyl halides is 3. The molecular weight excluding hydrogens is 430 g/mol. The first kappa shape index (κ1) is 19.2. The van der Waals surface area contributed by atoms with Gasteiger partial charge in [-0.2, -0.15) is 13.2 Å². The lowest BCUT2D eigenvalue weighted by molar-refractivity contribution is -0.137. The highest BCUT2D eigenvalue weighted by Gasteiger charge is 2.35. The van der Waals surface area contributed by atoms with Crippen LogP contribution in [0.5, 0.6) is 0 Å². The van der Waals surface area contributed by atoms with Crippen LogP contribution >= 0.6 is 35.0 Å². The third-order valence-electron chi connectivity index (χ3n) is 4.22. The lowest BCUT2D eigenvalue weighted by atomic mass is 10.1. The number of hydrogen-bond donors (Lipinski definition) is 0. The maximum absolute atomic E-state index is 13.3. The molecule has 0 aromatic heterocycles. The Labute approximate surface area is 172 Å². The zero-order valence-corrected chi connectivity index (χ0v) is 16.3. The Morgan fingerprint density at radius 1 is 0.857 bits per heavy atom. The zero-order chi connectivity index (χ0) is 20.1. The second-order valence-corrected chi connectivity index (χ2v) is 7.92. The van der Waals surface area contributed by atoms with E-state index in [1.165, 1.54) is 40.9 Å². The van der Waals surface area contributed by atoms with Crippen molar-refractivity contribution in [2.75, 3.05) is 4.90 Å². The number of rotatable bonds is 1. The summed E-state index contributed by atoms with van der Waals surface area (Å²) in [4.78, 5) is 15.9. The van der Waals surface area contributed by atoms with Gasteiger partial charge in [-0.25, -0.2) is 0 Å². The van der Waals surface area contributed by atoms with Gasteiger partial charge in [-0.3, -0.25) is 9.69 Å². The van der Waals surface area contributed by atoms with Crippen molar-refractivity contribution in [2.45, 2.75) is 16.0 Å². The summed E-state index contributed by atoms with van der Waals surface area (Å²) in [5.41, 5.74) is 0.0858. The van der Waals surface area contributed by atoms with Gasteiger partial charge >= 0.3 is 6.18 Å². The van der Waals surface area contributed by atoms with Crippen molar-refractivity contribution in [3.63, 3.8) is 0 Å². The van der Waals surface area contributed by atoms with E-state index in [4.69, 9.17) is 23.2 Å². The maximum atomic E-state index is 13.3. The average molecular weight is 440 g/mol. The van der Waals surface area contributed by atoms with E-state index in [1.807, 2.05) is 12.1 Å². The molecule has 1 heterocycles. The number of para-hydroxylation sites is 1. The molecule has 0 N–H and O–H groups in total. The van der Waals surface area contributed by atoms with Gasteiger partial charge in [0.05, 0.1) is 27.0 Å². The number of benzene rings is 3. The predicted octanol–water partition coefficient (Wildman–Crippen LogP) is 7.46. The largest absolute Gasteiger partial charge is 0.416 e. The van der Waals surface area contributed by atoms with Crippen molar-refractivity contribution in [3.05, 3.63) is 81.8 Å². The molecule has 0 saturated carbocycles. The molecule has 0 aliphatic carbocycles. The SMILES string of the molecule is O=C(c1ccc(Cl)c(Cl)c1)N1c2ccccc2Sc2ccc(C(F)(F)F)cc21. The van der Waals surface area contributed by atoms with E-state index >= 15 is 0 Å². The van der Waals surface area contributed by atoms with Gasteiger partial charge in [-0.1, -0.05) is 47.1 Å². The third kappa shape index (κ3) is 3.36. The molecule has 0 bridgehead atoms. The van der Waals surface area contributed by atoms with E-state index < -0.39 is 17.6 Å². The molecule has 8 heteroatoms. The van der Waals surface area contributed by atoms with Crippen LogP contribution in [-0.2, 0) is 6.18 Å². The summed E-state index contributed by atoms with van der Waals surface area (Å²) < 4.78 is 39.8. The van der Waals surface area contributed by atoms with E-state index in [0.29, 0.717) is 10.6 Å². The summed E-state index contributed by atoms with van der Waals surface area (Å²) in [7, 11) is 0. The minimum Gasteiger partial charge on any atom is -0.275 e. The zero-order valence-electron chi connectivity index (χ0n) is 13.9. The molecule has 0 unspecified atom stereocenters. The summed E-state index contributed by atoms with van der Waals surface area (Å²) in [5, 5.41) is 0.476. The van der Waals surface area contributed by atoms with Gasteiger partial charge in [0, 0.05) is 15.4 Å². The van der Waals surface area contributed by atoms with Crippen LogP contribution in [0.15, 0.2) is 70.5 Å². The van der Waals surface area contributed by atoms with E-state index in [0.717, 1.165) is 17.0 Å². The Bertz CT molecular complexity index is 1100. The molecule has 1 aliphatic heterocycles. The van der Waals surface area contributed by atoms with Crippen LogP contribution in [0.25, 0.3) is 0 Å². The topological polar surface area (TPSA) is 20.3 Å². The summed E-state index contributed by atoms with van der Waals surface area (Å²) in [6, 6.07) is 14.8. The standard InChI is InChI=1S/C20H10Cl2F3NOS/c21-13-7-5-11(9-14(13)22)19(27)26-15-3-1-2-4-17(15)28-18-8-6-12(10-16(18)26)20(23,24)25/h1-10H. The lowest BCUT2D eigenvalue weighted by Crippen LogP contribution is -2.29. The molecule has 0 fully saturated rings. The van der Waals surface area contributed by atoms with Gasteiger partial charge in [-0.15, -0.1) is 0 Å². The lowest BCUT2D eigenvalue weighted by Gasteiger charge is -2.31. The van der Waals surface area contributed by atoms with E-state index in [1.54, 1.807) is 12.1 Å². The van der Waals surface area contributed by atoms with E-state index in [2.05, 4.69) is 0 Å². The summed E-state index contributed by atoms with van der Waals surface area (Å²) in [5.74, 6) is -0.494. The predicted molar refractivity (Wildman–Crippen MR) is 105 cm³/mol. The minimum absolute atomic E-state index is 0.176. The Hall–Kier alpha value is -2.15. The van der Waals surface area contributed by atoms with Crippen LogP contribution < -0.4 is 4.90 Å². The number of fused-ring (bicyclic) bond motifs is 2. The molecule has 142 valence electrons. The number of anilines is 2. The van der Waals surface area contributed by atoms with Gasteiger partial charge in [0.1, 0.15) is 0 Å². The highest BCUT2D eigenvalue weighted by molar-refractivity contribution is 7.99. The summed E-state index contributed by atoms with van der Waals surface area (Å²) in [6.07, 6.45) is -4.52. The van der Waals surface area contributed by atoms with Crippen molar-refractivity contribution < 1.29 is 18.0 Å². The van der Waals surface area contributed by atoms with Crippen LogP contribution in [0.4, 0.5) is 24.5 Å². The monoisotopic (exact) mass is 439 g/mol. The molecule has 0 radical (unpaired) electrons. The molecule has 3 aromatic rings. The molecule has 2 nitrogen and oxygen atoms in total. The highest BCUT2D eigenvalue weighted by atomic mass is 35.5. The number of carbonyl (C=O) groups is 1. The van der Waals surface area contributed by atoms with Gasteiger partial charge in [0.15, 0.2) is 0 Å². The van der Waals surface area contributed by atoms with Crippen LogP contribution in [0.1, 0.15) is 15.9 Å². The van der Waals surface area contributed by atoms with Crippen molar-refractivity contribution in [3.8, 4) is 0 Å². The minimum atomic E-state index is -4.52. The fraction of sp³-hybridized carbons (Fsp3) is 0.0500. The normalized spacial score (nSPS) is 13.1. The number of carbonyl (C=O) groups excluding carboxylic acids is 1. The molecule has 1 aliphatic rings. The Kier molecular flexibility index (Phi) is 4.81. The van der Waals surface area contributed by atoms with Gasteiger partial charge < -0.3 is 0 Å². The van der Waals surface area contributed by atoms with Crippen LogP contribution in [0, 0.1) is 0 Å². The van der Waals surface area contributed by atoms with Gasteiger partial charge in [0.25, 0.3) is 5.91 Å². The molecule has 0 saturated heterocycles. The number of halogens is 5. The number of nitrogens with zero attached hydrogens (tertiary/aromatic N) is 1. The van der Waals surface area contributed by atoms with Crippen LogP contribution in [0.2, 0.25) is 10.0 Å². The van der Waals surface area contributed by atoms with Crippen LogP contribution in [-0.4, -0.2) is 5.91 Å². The van der Waals surface area contributed by atoms with Crippen LogP contribution in [0.3, 0.4) is 0 Å². The molecule has 0 atom stereocenters. The van der Waals surface area contributed by atoms with Gasteiger partial charge in [-0.05, 0) is 48.5 Å². The molecule has 4 rings (SSSR count). The van der Waals surface area contributed by atoms with E-state index in [-0.39, 0.29) is 21.3 Å². The fourth-order valence-electron chi connectivity index (χ4n) is 2.91. The maximum Gasteiger partial charge on any atom is 0.416 e.